The minimum Gasteiger partial charge on any atom is -0.497 e. The van der Waals surface area contributed by atoms with E-state index in [0.717, 1.165) is 22.2 Å². The highest BCUT2D eigenvalue weighted by Crippen LogP contribution is 2.36. The number of hydrogen-bond acceptors (Lipinski definition) is 4. The number of rotatable bonds is 5. The number of Topliss-reactive ketones (excluding diaryl/α,β-unsaturated/α-hetero) is 1. The number of aryl methyl sites for hydroxylation is 1. The Kier molecular flexibility index (Phi) is 5.30. The molecule has 4 aromatic rings. The number of hydrogen-bond donors (Lipinski definition) is 0. The maximum atomic E-state index is 14.0. The van der Waals surface area contributed by atoms with E-state index in [0.29, 0.717) is 22.1 Å². The molecule has 0 bridgehead atoms. The molecular weight excluding hydrogens is 445 g/mol. The van der Waals surface area contributed by atoms with Crippen molar-refractivity contribution >= 4 is 34.4 Å². The first-order valence-corrected chi connectivity index (χ1v) is 10.6. The molecule has 0 saturated heterocycles. The normalized spacial score (nSPS) is 13.9. The summed E-state index contributed by atoms with van der Waals surface area (Å²) >= 11 is 6.06. The third-order valence-electron chi connectivity index (χ3n) is 5.60. The van der Waals surface area contributed by atoms with Crippen LogP contribution in [0, 0.1) is 5.82 Å². The van der Waals surface area contributed by atoms with Gasteiger partial charge >= 0.3 is 0 Å². The van der Waals surface area contributed by atoms with Crippen molar-refractivity contribution in [2.24, 2.45) is 7.05 Å². The molecule has 1 aliphatic rings. The van der Waals surface area contributed by atoms with Crippen LogP contribution in [-0.2, 0) is 13.7 Å². The molecule has 3 aromatic carbocycles. The second-order valence-electron chi connectivity index (χ2n) is 7.67. The highest BCUT2D eigenvalue weighted by molar-refractivity contribution is 6.31. The van der Waals surface area contributed by atoms with Crippen LogP contribution in [0.25, 0.3) is 17.0 Å². The van der Waals surface area contributed by atoms with Crippen LogP contribution < -0.4 is 14.2 Å². The Bertz CT molecular complexity index is 1420. The molecule has 0 atom stereocenters. The fourth-order valence-corrected chi connectivity index (χ4v) is 4.09. The molecule has 1 aromatic heterocycles. The first-order valence-electron chi connectivity index (χ1n) is 10.2. The minimum atomic E-state index is -0.438. The fourth-order valence-electron chi connectivity index (χ4n) is 3.87. The Hall–Kier alpha value is -3.77. The highest BCUT2D eigenvalue weighted by Gasteiger charge is 2.28. The molecule has 33 heavy (non-hydrogen) atoms. The summed E-state index contributed by atoms with van der Waals surface area (Å²) in [7, 11) is 3.55. The van der Waals surface area contributed by atoms with Gasteiger partial charge in [0.25, 0.3) is 0 Å². The molecule has 1 aliphatic heterocycles. The summed E-state index contributed by atoms with van der Waals surface area (Å²) in [6.45, 7) is -0.0429. The van der Waals surface area contributed by atoms with Gasteiger partial charge in [-0.2, -0.15) is 0 Å². The summed E-state index contributed by atoms with van der Waals surface area (Å²) in [6.07, 6.45) is 3.66. The van der Waals surface area contributed by atoms with Crippen LogP contribution >= 0.6 is 11.6 Å². The lowest BCUT2D eigenvalue weighted by Crippen LogP contribution is -1.99. The van der Waals surface area contributed by atoms with E-state index in [1.165, 1.54) is 12.1 Å². The average molecular weight is 464 g/mol. The van der Waals surface area contributed by atoms with Gasteiger partial charge < -0.3 is 18.8 Å². The van der Waals surface area contributed by atoms with Crippen LogP contribution in [0.5, 0.6) is 17.2 Å². The Labute approximate surface area is 194 Å². The SMILES string of the molecule is COc1ccc2c(c1)c(/C=C1\Oc3cc(OCc4c(F)cccc4Cl)ccc3C1=O)cn2C. The number of aromatic nitrogens is 1. The molecule has 5 rings (SSSR count). The van der Waals surface area contributed by atoms with Crippen LogP contribution in [0.15, 0.2) is 66.6 Å². The van der Waals surface area contributed by atoms with Crippen molar-refractivity contribution in [1.29, 1.82) is 0 Å². The van der Waals surface area contributed by atoms with E-state index in [2.05, 4.69) is 0 Å². The summed E-state index contributed by atoms with van der Waals surface area (Å²) in [5.74, 6) is 1.13. The molecule has 0 aliphatic carbocycles. The summed E-state index contributed by atoms with van der Waals surface area (Å²) < 4.78 is 32.9. The number of nitrogens with zero attached hydrogens (tertiary/aromatic N) is 1. The molecule has 2 heterocycles. The van der Waals surface area contributed by atoms with Gasteiger partial charge in [0.2, 0.25) is 5.78 Å². The van der Waals surface area contributed by atoms with Crippen molar-refractivity contribution in [3.05, 3.63) is 94.1 Å². The smallest absolute Gasteiger partial charge is 0.231 e. The summed E-state index contributed by atoms with van der Waals surface area (Å²) in [4.78, 5) is 12.9. The van der Waals surface area contributed by atoms with Crippen LogP contribution in [0.3, 0.4) is 0 Å². The van der Waals surface area contributed by atoms with Crippen LogP contribution in [0.1, 0.15) is 21.5 Å². The van der Waals surface area contributed by atoms with Crippen LogP contribution in [-0.4, -0.2) is 17.5 Å². The molecule has 0 spiro atoms. The maximum Gasteiger partial charge on any atom is 0.231 e. The van der Waals surface area contributed by atoms with Crippen molar-refractivity contribution in [3.8, 4) is 17.2 Å². The summed E-state index contributed by atoms with van der Waals surface area (Å²) in [6, 6.07) is 15.2. The number of halogens is 2. The van der Waals surface area contributed by atoms with Crippen molar-refractivity contribution in [2.45, 2.75) is 6.61 Å². The summed E-state index contributed by atoms with van der Waals surface area (Å²) in [5.41, 5.74) is 2.56. The Morgan fingerprint density at radius 3 is 2.73 bits per heavy atom. The number of methoxy groups -OCH3 is 1. The second-order valence-corrected chi connectivity index (χ2v) is 8.07. The Balaban J connectivity index is 1.41. The molecule has 166 valence electrons. The number of ether oxygens (including phenoxy) is 3. The van der Waals surface area contributed by atoms with Crippen LogP contribution in [0.4, 0.5) is 4.39 Å². The van der Waals surface area contributed by atoms with Gasteiger partial charge in [0, 0.05) is 41.3 Å². The summed E-state index contributed by atoms with van der Waals surface area (Å²) in [5, 5.41) is 1.24. The zero-order valence-corrected chi connectivity index (χ0v) is 18.7. The van der Waals surface area contributed by atoms with E-state index in [1.54, 1.807) is 37.5 Å². The fraction of sp³-hybridized carbons (Fsp3) is 0.115. The Morgan fingerprint density at radius 2 is 1.94 bits per heavy atom. The van der Waals surface area contributed by atoms with Gasteiger partial charge in [0.05, 0.1) is 17.7 Å². The molecule has 0 N–H and O–H groups in total. The number of ketones is 1. The first kappa shape index (κ1) is 21.1. The zero-order valence-electron chi connectivity index (χ0n) is 17.9. The third kappa shape index (κ3) is 3.83. The number of carbonyl (C=O) groups excluding carboxylic acids is 1. The lowest BCUT2D eigenvalue weighted by molar-refractivity contribution is 0.101. The minimum absolute atomic E-state index is 0.0429. The van der Waals surface area contributed by atoms with E-state index in [4.69, 9.17) is 25.8 Å². The topological polar surface area (TPSA) is 49.7 Å². The van der Waals surface area contributed by atoms with Crippen molar-refractivity contribution < 1.29 is 23.4 Å². The van der Waals surface area contributed by atoms with Gasteiger partial charge in [-0.05, 0) is 48.5 Å². The van der Waals surface area contributed by atoms with E-state index in [-0.39, 0.29) is 23.7 Å². The molecule has 0 fully saturated rings. The average Bonchev–Trinajstić information content (AvgIpc) is 3.29. The molecule has 0 radical (unpaired) electrons. The number of allylic oxidation sites excluding steroid dienone is 1. The largest absolute Gasteiger partial charge is 0.497 e. The van der Waals surface area contributed by atoms with Gasteiger partial charge in [0.1, 0.15) is 29.7 Å². The van der Waals surface area contributed by atoms with E-state index in [9.17, 15) is 9.18 Å². The Morgan fingerprint density at radius 1 is 1.12 bits per heavy atom. The standard InChI is InChI=1S/C26H19ClFNO4/c1-29-13-15(19-11-16(31-2)7-9-23(19)29)10-25-26(30)18-8-6-17(12-24(18)33-25)32-14-20-21(27)4-3-5-22(20)28/h3-13H,14H2,1-2H3/b25-10-. The van der Waals surface area contributed by atoms with Gasteiger partial charge in [-0.15, -0.1) is 0 Å². The first-order chi connectivity index (χ1) is 15.9. The number of benzene rings is 3. The van der Waals surface area contributed by atoms with E-state index in [1.807, 2.05) is 36.0 Å². The number of carbonyl (C=O) groups is 1. The van der Waals surface area contributed by atoms with Gasteiger partial charge in [0.15, 0.2) is 5.76 Å². The zero-order chi connectivity index (χ0) is 23.1. The lowest BCUT2D eigenvalue weighted by Gasteiger charge is -2.09. The van der Waals surface area contributed by atoms with E-state index >= 15 is 0 Å². The molecule has 0 saturated carbocycles. The maximum absolute atomic E-state index is 14.0. The molecule has 0 unspecified atom stereocenters. The second kappa shape index (κ2) is 8.30. The molecular formula is C26H19ClFNO4. The van der Waals surface area contributed by atoms with E-state index < -0.39 is 5.82 Å². The molecule has 0 amide bonds. The van der Waals surface area contributed by atoms with Gasteiger partial charge in [-0.25, -0.2) is 4.39 Å². The molecule has 7 heteroatoms. The van der Waals surface area contributed by atoms with Crippen LogP contribution in [0.2, 0.25) is 5.02 Å². The van der Waals surface area contributed by atoms with Gasteiger partial charge in [-0.3, -0.25) is 4.79 Å². The van der Waals surface area contributed by atoms with Crippen molar-refractivity contribution in [1.82, 2.24) is 4.57 Å². The number of fused-ring (bicyclic) bond motifs is 2. The molecule has 5 nitrogen and oxygen atoms in total. The van der Waals surface area contributed by atoms with Gasteiger partial charge in [-0.1, -0.05) is 17.7 Å². The quantitative estimate of drug-likeness (QED) is 0.332. The lowest BCUT2D eigenvalue weighted by atomic mass is 10.1. The predicted octanol–water partition coefficient (Wildman–Crippen LogP) is 6.17. The monoisotopic (exact) mass is 463 g/mol. The van der Waals surface area contributed by atoms with Crippen molar-refractivity contribution in [2.75, 3.05) is 7.11 Å². The highest BCUT2D eigenvalue weighted by atomic mass is 35.5. The predicted molar refractivity (Wildman–Crippen MR) is 125 cm³/mol. The third-order valence-corrected chi connectivity index (χ3v) is 5.95. The van der Waals surface area contributed by atoms with Crippen molar-refractivity contribution in [3.63, 3.8) is 0 Å².